The van der Waals surface area contributed by atoms with Crippen LogP contribution in [0.3, 0.4) is 0 Å². The molecule has 0 aliphatic carbocycles. The van der Waals surface area contributed by atoms with Crippen LogP contribution in [0.5, 0.6) is 5.75 Å². The van der Waals surface area contributed by atoms with Gasteiger partial charge >= 0.3 is 0 Å². The zero-order valence-corrected chi connectivity index (χ0v) is 17.2. The molecule has 2 unspecified atom stereocenters. The topological polar surface area (TPSA) is 114 Å². The average Bonchev–Trinajstić information content (AvgIpc) is 2.60. The summed E-state index contributed by atoms with van der Waals surface area (Å²) >= 11 is 0. The van der Waals surface area contributed by atoms with Gasteiger partial charge in [0.25, 0.3) is 0 Å². The third-order valence-electron chi connectivity index (χ3n) is 3.79. The molecule has 3 N–H and O–H groups in total. The Hall–Kier alpha value is -2.13. The number of carbonyl (C=O) groups excluding carboxylic acids is 2. The molecule has 0 spiro atoms. The van der Waals surface area contributed by atoms with Crippen LogP contribution in [0.2, 0.25) is 0 Å². The van der Waals surface area contributed by atoms with E-state index in [1.165, 1.54) is 31.4 Å². The number of sulfonamides is 1. The first kappa shape index (κ1) is 22.9. The number of carbonyl (C=O) groups is 2. The Labute approximate surface area is 161 Å². The molecule has 0 saturated carbocycles. The zero-order chi connectivity index (χ0) is 20.6. The van der Waals surface area contributed by atoms with Crippen LogP contribution in [-0.4, -0.2) is 46.0 Å². The summed E-state index contributed by atoms with van der Waals surface area (Å²) in [7, 11) is -2.42. The lowest BCUT2D eigenvalue weighted by Gasteiger charge is -2.22. The number of ether oxygens (including phenoxy) is 1. The predicted octanol–water partition coefficient (Wildman–Crippen LogP) is 1.03. The maximum Gasteiger partial charge on any atom is 0.242 e. The molecule has 8 nitrogen and oxygen atoms in total. The fourth-order valence-corrected chi connectivity index (χ4v) is 3.61. The summed E-state index contributed by atoms with van der Waals surface area (Å²) in [6.07, 6.45) is 0.295. The minimum Gasteiger partial charge on any atom is -0.497 e. The smallest absolute Gasteiger partial charge is 0.242 e. The molecule has 0 bridgehead atoms. The fraction of sp³-hybridized carbons (Fsp3) is 0.556. The van der Waals surface area contributed by atoms with Gasteiger partial charge in [-0.05, 0) is 50.5 Å². The summed E-state index contributed by atoms with van der Waals surface area (Å²) in [4.78, 5) is 24.4. The van der Waals surface area contributed by atoms with Crippen molar-refractivity contribution in [3.63, 3.8) is 0 Å². The molecule has 0 radical (unpaired) electrons. The van der Waals surface area contributed by atoms with E-state index >= 15 is 0 Å². The molecule has 0 aromatic heterocycles. The minimum absolute atomic E-state index is 0.0293. The van der Waals surface area contributed by atoms with Crippen LogP contribution in [0.25, 0.3) is 0 Å². The number of methoxy groups -OCH3 is 1. The third-order valence-corrected chi connectivity index (χ3v) is 5.28. The Balaban J connectivity index is 2.94. The van der Waals surface area contributed by atoms with Gasteiger partial charge in [0.15, 0.2) is 0 Å². The number of hydrogen-bond donors (Lipinski definition) is 3. The van der Waals surface area contributed by atoms with E-state index in [0.29, 0.717) is 18.7 Å². The van der Waals surface area contributed by atoms with Crippen molar-refractivity contribution in [2.24, 2.45) is 5.92 Å². The molecule has 0 aliphatic rings. The van der Waals surface area contributed by atoms with E-state index in [1.807, 2.05) is 13.8 Å². The molecule has 1 aromatic rings. The van der Waals surface area contributed by atoms with Crippen molar-refractivity contribution in [3.8, 4) is 5.75 Å². The minimum atomic E-state index is -3.91. The Kier molecular flexibility index (Phi) is 8.71. The van der Waals surface area contributed by atoms with Gasteiger partial charge in [0.05, 0.1) is 12.0 Å². The van der Waals surface area contributed by atoms with E-state index < -0.39 is 28.0 Å². The van der Waals surface area contributed by atoms with Gasteiger partial charge in [0.2, 0.25) is 21.8 Å². The third kappa shape index (κ3) is 7.18. The molecule has 152 valence electrons. The van der Waals surface area contributed by atoms with Gasteiger partial charge in [-0.25, -0.2) is 8.42 Å². The van der Waals surface area contributed by atoms with Crippen molar-refractivity contribution in [1.82, 2.24) is 15.4 Å². The number of amides is 2. The molecule has 27 heavy (non-hydrogen) atoms. The van der Waals surface area contributed by atoms with Gasteiger partial charge in [0.1, 0.15) is 17.8 Å². The predicted molar refractivity (Wildman–Crippen MR) is 103 cm³/mol. The first-order valence-electron chi connectivity index (χ1n) is 8.85. The molecule has 0 saturated heterocycles. The highest BCUT2D eigenvalue weighted by Crippen LogP contribution is 2.17. The van der Waals surface area contributed by atoms with Crippen molar-refractivity contribution in [1.29, 1.82) is 0 Å². The maximum atomic E-state index is 12.6. The first-order chi connectivity index (χ1) is 12.6. The zero-order valence-electron chi connectivity index (χ0n) is 16.4. The van der Waals surface area contributed by atoms with Gasteiger partial charge < -0.3 is 15.4 Å². The van der Waals surface area contributed by atoms with Crippen LogP contribution in [-0.2, 0) is 19.6 Å². The molecular weight excluding hydrogens is 370 g/mol. The van der Waals surface area contributed by atoms with Gasteiger partial charge in [-0.15, -0.1) is 0 Å². The molecule has 0 heterocycles. The molecule has 1 aromatic carbocycles. The number of likely N-dealkylation sites (N-methyl/N-ethyl adjacent to an activating group) is 1. The number of hydrogen-bond acceptors (Lipinski definition) is 5. The molecule has 9 heteroatoms. The van der Waals surface area contributed by atoms with Gasteiger partial charge in [-0.2, -0.15) is 4.72 Å². The summed E-state index contributed by atoms with van der Waals surface area (Å²) in [5, 5.41) is 5.18. The Morgan fingerprint density at radius 1 is 1.07 bits per heavy atom. The maximum absolute atomic E-state index is 12.6. The van der Waals surface area contributed by atoms with Crippen LogP contribution < -0.4 is 20.1 Å². The van der Waals surface area contributed by atoms with Crippen molar-refractivity contribution >= 4 is 21.8 Å². The number of rotatable bonds is 10. The number of nitrogens with one attached hydrogen (secondary N) is 3. The lowest BCUT2D eigenvalue weighted by Crippen LogP contribution is -2.53. The Morgan fingerprint density at radius 3 is 2.15 bits per heavy atom. The lowest BCUT2D eigenvalue weighted by molar-refractivity contribution is -0.129. The van der Waals surface area contributed by atoms with Crippen LogP contribution in [0.4, 0.5) is 0 Å². The normalized spacial score (nSPS) is 13.7. The van der Waals surface area contributed by atoms with Crippen molar-refractivity contribution in [2.45, 2.75) is 51.1 Å². The molecule has 0 fully saturated rings. The summed E-state index contributed by atoms with van der Waals surface area (Å²) < 4.78 is 32.7. The highest BCUT2D eigenvalue weighted by Gasteiger charge is 2.28. The van der Waals surface area contributed by atoms with E-state index in [2.05, 4.69) is 15.4 Å². The molecule has 2 atom stereocenters. The monoisotopic (exact) mass is 399 g/mol. The standard InChI is InChI=1S/C18H29N3O5S/c1-6-19-17(22)13(4)20-18(23)16(11-12(2)3)21-27(24,25)15-9-7-14(26-5)8-10-15/h7-10,12-13,16,21H,6,11H2,1-5H3,(H,19,22)(H,20,23). The van der Waals surface area contributed by atoms with Crippen molar-refractivity contribution in [3.05, 3.63) is 24.3 Å². The second-order valence-electron chi connectivity index (χ2n) is 6.60. The molecule has 0 aliphatic heterocycles. The van der Waals surface area contributed by atoms with E-state index in [9.17, 15) is 18.0 Å². The fourth-order valence-electron chi connectivity index (χ4n) is 2.40. The lowest BCUT2D eigenvalue weighted by atomic mass is 10.0. The average molecular weight is 400 g/mol. The van der Waals surface area contributed by atoms with E-state index in [1.54, 1.807) is 13.8 Å². The highest BCUT2D eigenvalue weighted by atomic mass is 32.2. The van der Waals surface area contributed by atoms with Crippen LogP contribution >= 0.6 is 0 Å². The molecule has 2 amide bonds. The van der Waals surface area contributed by atoms with E-state index in [0.717, 1.165) is 0 Å². The van der Waals surface area contributed by atoms with Crippen LogP contribution in [0, 0.1) is 5.92 Å². The Morgan fingerprint density at radius 2 is 1.67 bits per heavy atom. The largest absolute Gasteiger partial charge is 0.497 e. The summed E-state index contributed by atoms with van der Waals surface area (Å²) in [6.45, 7) is 7.53. The summed E-state index contributed by atoms with van der Waals surface area (Å²) in [5.74, 6) is -0.271. The summed E-state index contributed by atoms with van der Waals surface area (Å²) in [5.41, 5.74) is 0. The van der Waals surface area contributed by atoms with E-state index in [-0.39, 0.29) is 16.7 Å². The highest BCUT2D eigenvalue weighted by molar-refractivity contribution is 7.89. The van der Waals surface area contributed by atoms with Crippen LogP contribution in [0.15, 0.2) is 29.2 Å². The van der Waals surface area contributed by atoms with Gasteiger partial charge in [-0.1, -0.05) is 13.8 Å². The second kappa shape index (κ2) is 10.3. The Bertz CT molecular complexity index is 732. The second-order valence-corrected chi connectivity index (χ2v) is 8.32. The van der Waals surface area contributed by atoms with Gasteiger partial charge in [-0.3, -0.25) is 9.59 Å². The van der Waals surface area contributed by atoms with Gasteiger partial charge in [0, 0.05) is 6.54 Å². The van der Waals surface area contributed by atoms with Crippen molar-refractivity contribution in [2.75, 3.05) is 13.7 Å². The quantitative estimate of drug-likeness (QED) is 0.544. The summed E-state index contributed by atoms with van der Waals surface area (Å²) in [6, 6.07) is 4.12. The van der Waals surface area contributed by atoms with E-state index in [4.69, 9.17) is 4.74 Å². The SMILES string of the molecule is CCNC(=O)C(C)NC(=O)C(CC(C)C)NS(=O)(=O)c1ccc(OC)cc1. The molecule has 1 rings (SSSR count). The first-order valence-corrected chi connectivity index (χ1v) is 10.3. The molecular formula is C18H29N3O5S. The van der Waals surface area contributed by atoms with Crippen LogP contribution in [0.1, 0.15) is 34.1 Å². The number of benzene rings is 1. The van der Waals surface area contributed by atoms with Crippen molar-refractivity contribution < 1.29 is 22.7 Å².